The Morgan fingerprint density at radius 1 is 1.19 bits per heavy atom. The number of nitrogens with one attached hydrogen (secondary N) is 1. The van der Waals surface area contributed by atoms with Crippen LogP contribution in [0.1, 0.15) is 15.9 Å². The summed E-state index contributed by atoms with van der Waals surface area (Å²) in [6.07, 6.45) is 1.52. The normalized spacial score (nSPS) is 10.4. The highest BCUT2D eigenvalue weighted by atomic mass is 35.5. The highest BCUT2D eigenvalue weighted by molar-refractivity contribution is 6.30. The molecule has 3 rings (SSSR count). The second-order valence-corrected chi connectivity index (χ2v) is 6.96. The number of ether oxygens (including phenoxy) is 1. The first-order chi connectivity index (χ1) is 14.9. The number of hydrogen-bond acceptors (Lipinski definition) is 5. The van der Waals surface area contributed by atoms with E-state index in [-0.39, 0.29) is 22.9 Å². The maximum atomic E-state index is 13.4. The first-order valence-corrected chi connectivity index (χ1v) is 9.56. The van der Waals surface area contributed by atoms with Gasteiger partial charge in [0.05, 0.1) is 17.7 Å². The summed E-state index contributed by atoms with van der Waals surface area (Å²) in [6.45, 7) is -0.618. The van der Waals surface area contributed by atoms with Gasteiger partial charge >= 0.3 is 5.97 Å². The van der Waals surface area contributed by atoms with Crippen molar-refractivity contribution in [3.8, 4) is 5.75 Å². The van der Waals surface area contributed by atoms with Crippen LogP contribution in [0, 0.1) is 5.82 Å². The van der Waals surface area contributed by atoms with Crippen molar-refractivity contribution >= 4 is 35.0 Å². The fraction of sp³-hybridized carbons (Fsp3) is 0.136. The third-order valence-corrected chi connectivity index (χ3v) is 4.65. The molecule has 9 heteroatoms. The molecule has 0 bridgehead atoms. The van der Waals surface area contributed by atoms with Gasteiger partial charge in [-0.1, -0.05) is 17.7 Å². The van der Waals surface area contributed by atoms with E-state index in [4.69, 9.17) is 16.3 Å². The number of pyridine rings is 1. The van der Waals surface area contributed by atoms with E-state index < -0.39 is 24.2 Å². The molecule has 3 aromatic rings. The van der Waals surface area contributed by atoms with Crippen LogP contribution in [0.2, 0.25) is 5.02 Å². The van der Waals surface area contributed by atoms with Crippen molar-refractivity contribution in [1.29, 1.82) is 0 Å². The smallest absolute Gasteiger partial charge is 0.323 e. The van der Waals surface area contributed by atoms with Crippen LogP contribution in [0.15, 0.2) is 60.8 Å². The number of nitrogens with zero attached hydrogens (tertiary/aromatic N) is 2. The van der Waals surface area contributed by atoms with Gasteiger partial charge in [-0.05, 0) is 54.1 Å². The molecule has 0 aliphatic heterocycles. The summed E-state index contributed by atoms with van der Waals surface area (Å²) in [5, 5.41) is 12.2. The Bertz CT molecular complexity index is 1090. The van der Waals surface area contributed by atoms with Gasteiger partial charge in [0, 0.05) is 18.4 Å². The Hall–Kier alpha value is -3.65. The summed E-state index contributed by atoms with van der Waals surface area (Å²) >= 11 is 5.81. The van der Waals surface area contributed by atoms with Gasteiger partial charge < -0.3 is 20.1 Å². The van der Waals surface area contributed by atoms with Crippen molar-refractivity contribution in [2.24, 2.45) is 0 Å². The van der Waals surface area contributed by atoms with E-state index >= 15 is 0 Å². The Morgan fingerprint density at radius 2 is 1.94 bits per heavy atom. The van der Waals surface area contributed by atoms with Gasteiger partial charge in [0.2, 0.25) is 0 Å². The number of benzene rings is 2. The molecule has 0 radical (unpaired) electrons. The van der Waals surface area contributed by atoms with Crippen molar-refractivity contribution in [2.75, 3.05) is 19.0 Å². The number of methoxy groups -OCH3 is 1. The van der Waals surface area contributed by atoms with Crippen molar-refractivity contribution < 1.29 is 23.8 Å². The van der Waals surface area contributed by atoms with Crippen LogP contribution in [0.4, 0.5) is 15.9 Å². The molecule has 1 amide bonds. The predicted molar refractivity (Wildman–Crippen MR) is 114 cm³/mol. The number of carbonyl (C=O) groups excluding carboxylic acids is 1. The number of amides is 1. The molecular weight excluding hydrogens is 425 g/mol. The van der Waals surface area contributed by atoms with E-state index in [1.54, 1.807) is 43.5 Å². The molecule has 160 valence electrons. The monoisotopic (exact) mass is 443 g/mol. The van der Waals surface area contributed by atoms with Crippen molar-refractivity contribution in [1.82, 2.24) is 9.88 Å². The lowest BCUT2D eigenvalue weighted by molar-refractivity contribution is -0.137. The molecule has 0 spiro atoms. The van der Waals surface area contributed by atoms with Crippen LogP contribution in [0.25, 0.3) is 0 Å². The predicted octanol–water partition coefficient (Wildman–Crippen LogP) is 4.35. The minimum absolute atomic E-state index is 0.0675. The zero-order valence-corrected chi connectivity index (χ0v) is 17.3. The summed E-state index contributed by atoms with van der Waals surface area (Å²) in [6, 6.07) is 14.1. The van der Waals surface area contributed by atoms with E-state index in [1.165, 1.54) is 24.4 Å². The summed E-state index contributed by atoms with van der Waals surface area (Å²) in [5.74, 6) is -1.39. The summed E-state index contributed by atoms with van der Waals surface area (Å²) in [4.78, 5) is 29.9. The molecule has 0 unspecified atom stereocenters. The molecule has 1 aromatic heterocycles. The van der Waals surface area contributed by atoms with E-state index in [0.717, 1.165) is 4.90 Å². The highest BCUT2D eigenvalue weighted by Gasteiger charge is 2.22. The number of carboxylic acid groups (broad SMARTS) is 1. The molecule has 0 saturated heterocycles. The van der Waals surface area contributed by atoms with E-state index in [2.05, 4.69) is 10.3 Å². The number of aliphatic carboxylic acids is 1. The van der Waals surface area contributed by atoms with Gasteiger partial charge in [-0.3, -0.25) is 9.59 Å². The molecule has 1 heterocycles. The van der Waals surface area contributed by atoms with E-state index in [9.17, 15) is 19.1 Å². The van der Waals surface area contributed by atoms with Crippen molar-refractivity contribution in [3.05, 3.63) is 82.8 Å². The fourth-order valence-electron chi connectivity index (χ4n) is 2.88. The van der Waals surface area contributed by atoms with Crippen LogP contribution < -0.4 is 10.1 Å². The van der Waals surface area contributed by atoms with Gasteiger partial charge in [0.15, 0.2) is 0 Å². The zero-order chi connectivity index (χ0) is 22.4. The SMILES string of the molecule is COc1ccc(Nc2ncccc2C(=O)N(CC(=O)O)Cc2ccc(F)c(Cl)c2)cc1. The topological polar surface area (TPSA) is 91.8 Å². The molecule has 0 fully saturated rings. The Labute approximate surface area is 183 Å². The Kier molecular flexibility index (Phi) is 7.04. The Morgan fingerprint density at radius 3 is 2.58 bits per heavy atom. The first-order valence-electron chi connectivity index (χ1n) is 9.18. The van der Waals surface area contributed by atoms with Crippen LogP contribution >= 0.6 is 11.6 Å². The zero-order valence-electron chi connectivity index (χ0n) is 16.5. The van der Waals surface area contributed by atoms with Crippen molar-refractivity contribution in [3.63, 3.8) is 0 Å². The second kappa shape index (κ2) is 9.90. The second-order valence-electron chi connectivity index (χ2n) is 6.56. The van der Waals surface area contributed by atoms with Crippen LogP contribution in [-0.2, 0) is 11.3 Å². The molecule has 2 aromatic carbocycles. The number of rotatable bonds is 8. The van der Waals surface area contributed by atoms with Crippen LogP contribution in [-0.4, -0.2) is 40.5 Å². The molecule has 2 N–H and O–H groups in total. The van der Waals surface area contributed by atoms with E-state index in [1.807, 2.05) is 0 Å². The minimum atomic E-state index is -1.19. The number of aromatic nitrogens is 1. The van der Waals surface area contributed by atoms with Gasteiger partial charge in [0.1, 0.15) is 23.9 Å². The summed E-state index contributed by atoms with van der Waals surface area (Å²) < 4.78 is 18.6. The Balaban J connectivity index is 1.88. The first kappa shape index (κ1) is 22.0. The number of hydrogen-bond donors (Lipinski definition) is 2. The van der Waals surface area contributed by atoms with Gasteiger partial charge in [-0.2, -0.15) is 0 Å². The van der Waals surface area contributed by atoms with Gasteiger partial charge in [-0.15, -0.1) is 0 Å². The molecule has 0 saturated carbocycles. The van der Waals surface area contributed by atoms with Crippen LogP contribution in [0.3, 0.4) is 0 Å². The molecule has 31 heavy (non-hydrogen) atoms. The largest absolute Gasteiger partial charge is 0.497 e. The molecular formula is C22H19ClFN3O4. The third kappa shape index (κ3) is 5.70. The number of carboxylic acids is 1. The lowest BCUT2D eigenvalue weighted by Gasteiger charge is -2.22. The fourth-order valence-corrected chi connectivity index (χ4v) is 3.08. The average molecular weight is 444 g/mol. The lowest BCUT2D eigenvalue weighted by Crippen LogP contribution is -2.35. The van der Waals surface area contributed by atoms with E-state index in [0.29, 0.717) is 17.0 Å². The maximum absolute atomic E-state index is 13.4. The van der Waals surface area contributed by atoms with Gasteiger partial charge in [-0.25, -0.2) is 9.37 Å². The van der Waals surface area contributed by atoms with Crippen LogP contribution in [0.5, 0.6) is 5.75 Å². The quantitative estimate of drug-likeness (QED) is 0.537. The van der Waals surface area contributed by atoms with Crippen molar-refractivity contribution in [2.45, 2.75) is 6.54 Å². The number of anilines is 2. The molecule has 0 aliphatic rings. The maximum Gasteiger partial charge on any atom is 0.323 e. The highest BCUT2D eigenvalue weighted by Crippen LogP contribution is 2.23. The lowest BCUT2D eigenvalue weighted by atomic mass is 10.1. The standard InChI is InChI=1S/C22H19ClFN3O4/c1-31-16-7-5-15(6-8-16)26-21-17(3-2-10-25-21)22(30)27(13-20(28)29)12-14-4-9-19(24)18(23)11-14/h2-11H,12-13H2,1H3,(H,25,26)(H,28,29). The molecule has 7 nitrogen and oxygen atoms in total. The summed E-state index contributed by atoms with van der Waals surface area (Å²) in [7, 11) is 1.56. The van der Waals surface area contributed by atoms with Gasteiger partial charge in [0.25, 0.3) is 5.91 Å². The number of halogens is 2. The molecule has 0 atom stereocenters. The molecule has 0 aliphatic carbocycles. The minimum Gasteiger partial charge on any atom is -0.497 e. The third-order valence-electron chi connectivity index (χ3n) is 4.36. The number of carbonyl (C=O) groups is 2. The average Bonchev–Trinajstić information content (AvgIpc) is 2.76. The summed E-state index contributed by atoms with van der Waals surface area (Å²) in [5.41, 5.74) is 1.35.